The van der Waals surface area contributed by atoms with Crippen molar-refractivity contribution in [3.63, 3.8) is 0 Å². The molecule has 0 heterocycles. The van der Waals surface area contributed by atoms with Crippen LogP contribution >= 0.6 is 0 Å². The molecule has 2 atom stereocenters. The number of ether oxygens (including phenoxy) is 1. The van der Waals surface area contributed by atoms with Gasteiger partial charge < -0.3 is 9.26 Å². The van der Waals surface area contributed by atoms with E-state index in [1.165, 1.54) is 0 Å². The van der Waals surface area contributed by atoms with Crippen molar-refractivity contribution >= 4 is 20.0 Å². The molecule has 31 heavy (non-hydrogen) atoms. The Morgan fingerprint density at radius 1 is 0.806 bits per heavy atom. The SMILES string of the molecule is CCOC(=O)C(c1ccccc1)C(c1ccccc1)N(O[Si](C)(C)C)c1ccccc1. The van der Waals surface area contributed by atoms with Gasteiger partial charge in [0.15, 0.2) is 0 Å². The minimum Gasteiger partial charge on any atom is -0.465 e. The van der Waals surface area contributed by atoms with E-state index in [1.807, 2.05) is 103 Å². The van der Waals surface area contributed by atoms with Crippen LogP contribution in [0.5, 0.6) is 0 Å². The smallest absolute Gasteiger partial charge is 0.315 e. The summed E-state index contributed by atoms with van der Waals surface area (Å²) >= 11 is 0. The van der Waals surface area contributed by atoms with Crippen molar-refractivity contribution in [1.29, 1.82) is 0 Å². The Hall–Kier alpha value is -2.89. The lowest BCUT2D eigenvalue weighted by molar-refractivity contribution is -0.146. The fourth-order valence-corrected chi connectivity index (χ4v) is 4.40. The Balaban J connectivity index is 2.22. The number of carbonyl (C=O) groups excluding carboxylic acids is 1. The van der Waals surface area contributed by atoms with E-state index in [1.54, 1.807) is 0 Å². The molecule has 0 radical (unpaired) electrons. The molecule has 3 aromatic rings. The van der Waals surface area contributed by atoms with Gasteiger partial charge in [-0.3, -0.25) is 9.86 Å². The first-order valence-electron chi connectivity index (χ1n) is 10.7. The van der Waals surface area contributed by atoms with Crippen molar-refractivity contribution in [1.82, 2.24) is 0 Å². The summed E-state index contributed by atoms with van der Waals surface area (Å²) in [4.78, 5) is 13.4. The topological polar surface area (TPSA) is 38.8 Å². The van der Waals surface area contributed by atoms with E-state index < -0.39 is 20.3 Å². The van der Waals surface area contributed by atoms with Crippen molar-refractivity contribution in [2.45, 2.75) is 38.5 Å². The normalized spacial score (nSPS) is 13.3. The molecule has 0 aliphatic rings. The van der Waals surface area contributed by atoms with Crippen LogP contribution in [0.25, 0.3) is 0 Å². The summed E-state index contributed by atoms with van der Waals surface area (Å²) in [6.45, 7) is 8.60. The average Bonchev–Trinajstić information content (AvgIpc) is 2.77. The maximum Gasteiger partial charge on any atom is 0.315 e. The van der Waals surface area contributed by atoms with E-state index >= 15 is 0 Å². The zero-order valence-corrected chi connectivity index (χ0v) is 19.7. The van der Waals surface area contributed by atoms with E-state index in [-0.39, 0.29) is 5.97 Å². The molecule has 0 saturated carbocycles. The van der Waals surface area contributed by atoms with E-state index in [9.17, 15) is 4.79 Å². The van der Waals surface area contributed by atoms with Gasteiger partial charge in [-0.05, 0) is 49.8 Å². The van der Waals surface area contributed by atoms with Crippen LogP contribution in [0.4, 0.5) is 5.69 Å². The molecule has 0 saturated heterocycles. The monoisotopic (exact) mass is 433 g/mol. The van der Waals surface area contributed by atoms with Crippen LogP contribution in [0.2, 0.25) is 19.6 Å². The molecule has 3 rings (SSSR count). The Morgan fingerprint density at radius 3 is 1.77 bits per heavy atom. The number of anilines is 1. The summed E-state index contributed by atoms with van der Waals surface area (Å²) in [5.41, 5.74) is 2.80. The zero-order valence-electron chi connectivity index (χ0n) is 18.7. The predicted molar refractivity (Wildman–Crippen MR) is 128 cm³/mol. The summed E-state index contributed by atoms with van der Waals surface area (Å²) < 4.78 is 12.2. The van der Waals surface area contributed by atoms with Gasteiger partial charge in [0.05, 0.1) is 18.3 Å². The van der Waals surface area contributed by atoms with E-state index in [0.29, 0.717) is 6.61 Å². The lowest BCUT2D eigenvalue weighted by atomic mass is 9.86. The van der Waals surface area contributed by atoms with Crippen LogP contribution in [0.1, 0.15) is 30.0 Å². The van der Waals surface area contributed by atoms with Crippen molar-refractivity contribution in [2.24, 2.45) is 0 Å². The first-order chi connectivity index (χ1) is 14.9. The van der Waals surface area contributed by atoms with Gasteiger partial charge in [-0.2, -0.15) is 0 Å². The lowest BCUT2D eigenvalue weighted by Gasteiger charge is -2.40. The van der Waals surface area contributed by atoms with Gasteiger partial charge in [0.2, 0.25) is 8.32 Å². The second-order valence-electron chi connectivity index (χ2n) is 8.36. The molecular formula is C26H31NO3Si. The quantitative estimate of drug-likeness (QED) is 0.224. The molecule has 0 spiro atoms. The number of para-hydroxylation sites is 1. The van der Waals surface area contributed by atoms with Crippen LogP contribution in [0.15, 0.2) is 91.0 Å². The number of carbonyl (C=O) groups is 1. The minimum atomic E-state index is -2.03. The molecular weight excluding hydrogens is 402 g/mol. The number of benzene rings is 3. The first kappa shape index (κ1) is 22.8. The second kappa shape index (κ2) is 10.4. The van der Waals surface area contributed by atoms with E-state index in [4.69, 9.17) is 9.26 Å². The fraction of sp³-hybridized carbons (Fsp3) is 0.269. The van der Waals surface area contributed by atoms with Gasteiger partial charge in [-0.15, -0.1) is 0 Å². The standard InChI is InChI=1S/C26H31NO3Si/c1-5-29-26(28)24(21-15-9-6-10-16-21)25(22-17-11-7-12-18-22)27(30-31(2,3)4)23-19-13-8-14-20-23/h6-20,24-25H,5H2,1-4H3. The number of nitrogens with zero attached hydrogens (tertiary/aromatic N) is 1. The van der Waals surface area contributed by atoms with E-state index in [2.05, 4.69) is 19.6 Å². The minimum absolute atomic E-state index is 0.261. The Morgan fingerprint density at radius 2 is 1.29 bits per heavy atom. The average molecular weight is 434 g/mol. The third kappa shape index (κ3) is 6.06. The number of rotatable bonds is 9. The van der Waals surface area contributed by atoms with Crippen LogP contribution < -0.4 is 5.06 Å². The summed E-state index contributed by atoms with van der Waals surface area (Å²) in [7, 11) is -2.03. The highest BCUT2D eigenvalue weighted by Gasteiger charge is 2.39. The largest absolute Gasteiger partial charge is 0.465 e. The highest BCUT2D eigenvalue weighted by atomic mass is 28.4. The third-order valence-corrected chi connectivity index (χ3v) is 5.54. The molecule has 0 aliphatic carbocycles. The molecule has 5 heteroatoms. The van der Waals surface area contributed by atoms with Crippen molar-refractivity contribution in [3.05, 3.63) is 102 Å². The van der Waals surface area contributed by atoms with Crippen LogP contribution in [0.3, 0.4) is 0 Å². The summed E-state index contributed by atoms with van der Waals surface area (Å²) in [5.74, 6) is -0.817. The maximum absolute atomic E-state index is 13.4. The molecule has 0 aliphatic heterocycles. The number of hydrogen-bond acceptors (Lipinski definition) is 4. The lowest BCUT2D eigenvalue weighted by Crippen LogP contribution is -2.43. The summed E-state index contributed by atoms with van der Waals surface area (Å²) in [5, 5.41) is 1.93. The number of hydroxylamine groups is 1. The molecule has 162 valence electrons. The van der Waals surface area contributed by atoms with Gasteiger partial charge in [-0.25, -0.2) is 0 Å². The van der Waals surface area contributed by atoms with Crippen LogP contribution in [0, 0.1) is 0 Å². The van der Waals surface area contributed by atoms with Gasteiger partial charge >= 0.3 is 5.97 Å². The molecule has 0 bridgehead atoms. The number of hydrogen-bond donors (Lipinski definition) is 0. The summed E-state index contributed by atoms with van der Waals surface area (Å²) in [6, 6.07) is 29.5. The van der Waals surface area contributed by atoms with E-state index in [0.717, 1.165) is 16.8 Å². The third-order valence-electron chi connectivity index (χ3n) is 4.79. The molecule has 2 unspecified atom stereocenters. The maximum atomic E-state index is 13.4. The van der Waals surface area contributed by atoms with Gasteiger partial charge in [0.1, 0.15) is 5.92 Å². The van der Waals surface area contributed by atoms with Gasteiger partial charge in [0, 0.05) is 0 Å². The summed E-state index contributed by atoms with van der Waals surface area (Å²) in [6.07, 6.45) is 0. The number of esters is 1. The highest BCUT2D eigenvalue weighted by Crippen LogP contribution is 2.40. The molecule has 3 aromatic carbocycles. The Bertz CT molecular complexity index is 943. The molecule has 4 nitrogen and oxygen atoms in total. The Kier molecular flexibility index (Phi) is 7.66. The van der Waals surface area contributed by atoms with Crippen molar-refractivity contribution in [2.75, 3.05) is 11.7 Å². The highest BCUT2D eigenvalue weighted by molar-refractivity contribution is 6.69. The van der Waals surface area contributed by atoms with Crippen molar-refractivity contribution in [3.8, 4) is 0 Å². The molecule has 0 fully saturated rings. The van der Waals surface area contributed by atoms with Crippen LogP contribution in [-0.4, -0.2) is 20.9 Å². The first-order valence-corrected chi connectivity index (χ1v) is 14.1. The fourth-order valence-electron chi connectivity index (χ4n) is 3.59. The molecule has 0 N–H and O–H groups in total. The zero-order chi connectivity index (χ0) is 22.3. The Labute approximate surface area is 186 Å². The second-order valence-corrected chi connectivity index (χ2v) is 12.8. The molecule has 0 amide bonds. The molecule has 0 aromatic heterocycles. The predicted octanol–water partition coefficient (Wildman–Crippen LogP) is 6.35. The van der Waals surface area contributed by atoms with Gasteiger partial charge in [-0.1, -0.05) is 78.9 Å². The van der Waals surface area contributed by atoms with Gasteiger partial charge in [0.25, 0.3) is 0 Å². The van der Waals surface area contributed by atoms with Crippen molar-refractivity contribution < 1.29 is 14.1 Å². The van der Waals surface area contributed by atoms with Crippen LogP contribution in [-0.2, 0) is 14.1 Å².